The molecule has 1 heterocycles. The molecular formula is C13H12BrN3O4. The standard InChI is InChI=1S/C13H12BrN3O4/c1-7-3-4-8(17(19)20)5-9(7)12-15-10(6-21-2)11(14)13(18)16-12/h3-5H,6H2,1-2H3,(H,15,16,18). The van der Waals surface area contributed by atoms with Crippen molar-refractivity contribution in [1.29, 1.82) is 0 Å². The molecule has 0 bridgehead atoms. The van der Waals surface area contributed by atoms with Crippen LogP contribution in [0.3, 0.4) is 0 Å². The van der Waals surface area contributed by atoms with Gasteiger partial charge in [-0.05, 0) is 28.4 Å². The third-order valence-electron chi connectivity index (χ3n) is 2.90. The largest absolute Gasteiger partial charge is 0.378 e. The van der Waals surface area contributed by atoms with Crippen LogP contribution in [0.25, 0.3) is 11.4 Å². The Morgan fingerprint density at radius 3 is 2.81 bits per heavy atom. The lowest BCUT2D eigenvalue weighted by molar-refractivity contribution is -0.384. The Hall–Kier alpha value is -2.06. The van der Waals surface area contributed by atoms with Crippen molar-refractivity contribution in [3.63, 3.8) is 0 Å². The van der Waals surface area contributed by atoms with Crippen LogP contribution in [0.4, 0.5) is 5.69 Å². The molecule has 0 atom stereocenters. The van der Waals surface area contributed by atoms with Crippen molar-refractivity contribution in [2.45, 2.75) is 13.5 Å². The highest BCUT2D eigenvalue weighted by atomic mass is 79.9. The van der Waals surface area contributed by atoms with Gasteiger partial charge in [0.1, 0.15) is 10.3 Å². The summed E-state index contributed by atoms with van der Waals surface area (Å²) >= 11 is 3.15. The van der Waals surface area contributed by atoms with Gasteiger partial charge in [-0.2, -0.15) is 0 Å². The maximum atomic E-state index is 11.9. The second kappa shape index (κ2) is 6.15. The van der Waals surface area contributed by atoms with Gasteiger partial charge in [-0.1, -0.05) is 6.07 Å². The van der Waals surface area contributed by atoms with E-state index in [9.17, 15) is 14.9 Å². The minimum absolute atomic E-state index is 0.0607. The van der Waals surface area contributed by atoms with Crippen LogP contribution in [0.15, 0.2) is 27.5 Å². The lowest BCUT2D eigenvalue weighted by atomic mass is 10.1. The number of rotatable bonds is 4. The second-order valence-corrected chi connectivity index (χ2v) is 5.16. The van der Waals surface area contributed by atoms with E-state index in [0.29, 0.717) is 11.3 Å². The molecule has 0 aliphatic carbocycles. The molecule has 0 fully saturated rings. The molecule has 0 radical (unpaired) electrons. The van der Waals surface area contributed by atoms with Gasteiger partial charge in [0.2, 0.25) is 0 Å². The van der Waals surface area contributed by atoms with Crippen molar-refractivity contribution in [2.24, 2.45) is 0 Å². The molecule has 0 aliphatic heterocycles. The molecule has 0 amide bonds. The van der Waals surface area contributed by atoms with Crippen LogP contribution in [0.5, 0.6) is 0 Å². The summed E-state index contributed by atoms with van der Waals surface area (Å²) in [4.78, 5) is 29.2. The van der Waals surface area contributed by atoms with E-state index in [4.69, 9.17) is 4.74 Å². The number of nitro benzene ring substituents is 1. The van der Waals surface area contributed by atoms with E-state index in [2.05, 4.69) is 25.9 Å². The van der Waals surface area contributed by atoms with Gasteiger partial charge in [0.05, 0.1) is 17.2 Å². The highest BCUT2D eigenvalue weighted by Crippen LogP contribution is 2.25. The molecule has 2 aromatic rings. The SMILES string of the molecule is COCc1nc(-c2cc([N+](=O)[O-])ccc2C)[nH]c(=O)c1Br. The number of hydrogen-bond acceptors (Lipinski definition) is 5. The lowest BCUT2D eigenvalue weighted by Gasteiger charge is -2.08. The number of benzene rings is 1. The third kappa shape index (κ3) is 3.17. The average molecular weight is 354 g/mol. The number of nitrogens with zero attached hydrogens (tertiary/aromatic N) is 2. The van der Waals surface area contributed by atoms with Crippen LogP contribution < -0.4 is 5.56 Å². The summed E-state index contributed by atoms with van der Waals surface area (Å²) in [5.41, 5.74) is 1.29. The van der Waals surface area contributed by atoms with E-state index in [-0.39, 0.29) is 28.2 Å². The van der Waals surface area contributed by atoms with Gasteiger partial charge in [0, 0.05) is 24.8 Å². The quantitative estimate of drug-likeness (QED) is 0.672. The highest BCUT2D eigenvalue weighted by molar-refractivity contribution is 9.10. The molecule has 1 N–H and O–H groups in total. The van der Waals surface area contributed by atoms with E-state index >= 15 is 0 Å². The topological polar surface area (TPSA) is 98.1 Å². The second-order valence-electron chi connectivity index (χ2n) is 4.36. The Morgan fingerprint density at radius 1 is 1.48 bits per heavy atom. The maximum absolute atomic E-state index is 11.9. The molecule has 7 nitrogen and oxygen atoms in total. The molecule has 0 saturated heterocycles. The summed E-state index contributed by atoms with van der Waals surface area (Å²) in [5.74, 6) is 0.274. The molecule has 21 heavy (non-hydrogen) atoms. The molecular weight excluding hydrogens is 342 g/mol. The molecule has 0 aliphatic rings. The van der Waals surface area contributed by atoms with Gasteiger partial charge in [-0.15, -0.1) is 0 Å². The fourth-order valence-electron chi connectivity index (χ4n) is 1.84. The van der Waals surface area contributed by atoms with Crippen molar-refractivity contribution in [2.75, 3.05) is 7.11 Å². The number of hydrogen-bond donors (Lipinski definition) is 1. The summed E-state index contributed by atoms with van der Waals surface area (Å²) in [5, 5.41) is 10.9. The van der Waals surface area contributed by atoms with Crippen molar-refractivity contribution in [3.8, 4) is 11.4 Å². The van der Waals surface area contributed by atoms with Crippen LogP contribution in [0.2, 0.25) is 0 Å². The Kier molecular flexibility index (Phi) is 4.49. The van der Waals surface area contributed by atoms with Crippen LogP contribution in [-0.4, -0.2) is 22.0 Å². The van der Waals surface area contributed by atoms with Crippen molar-refractivity contribution in [3.05, 3.63) is 54.4 Å². The molecule has 1 aromatic heterocycles. The summed E-state index contributed by atoms with van der Waals surface area (Å²) in [6, 6.07) is 4.41. The average Bonchev–Trinajstić information content (AvgIpc) is 2.44. The molecule has 2 rings (SSSR count). The molecule has 8 heteroatoms. The predicted octanol–water partition coefficient (Wildman–Crippen LogP) is 2.56. The molecule has 0 spiro atoms. The van der Waals surface area contributed by atoms with Gasteiger partial charge in [0.15, 0.2) is 0 Å². The lowest BCUT2D eigenvalue weighted by Crippen LogP contribution is -2.14. The summed E-state index contributed by atoms with van der Waals surface area (Å²) in [6.07, 6.45) is 0. The van der Waals surface area contributed by atoms with Crippen molar-refractivity contribution < 1.29 is 9.66 Å². The molecule has 0 saturated carbocycles. The summed E-state index contributed by atoms with van der Waals surface area (Å²) in [6.45, 7) is 1.95. The van der Waals surface area contributed by atoms with Gasteiger partial charge in [-0.3, -0.25) is 14.9 Å². The van der Waals surface area contributed by atoms with E-state index in [1.807, 2.05) is 0 Å². The highest BCUT2D eigenvalue weighted by Gasteiger charge is 2.15. The maximum Gasteiger partial charge on any atom is 0.270 e. The van der Waals surface area contributed by atoms with Crippen LogP contribution in [0.1, 0.15) is 11.3 Å². The zero-order valence-corrected chi connectivity index (χ0v) is 12.9. The van der Waals surface area contributed by atoms with Crippen molar-refractivity contribution in [1.82, 2.24) is 9.97 Å². The van der Waals surface area contributed by atoms with E-state index in [0.717, 1.165) is 5.56 Å². The Labute approximate surface area is 128 Å². The van der Waals surface area contributed by atoms with Gasteiger partial charge in [-0.25, -0.2) is 4.98 Å². The zero-order chi connectivity index (χ0) is 15.6. The van der Waals surface area contributed by atoms with E-state index in [1.165, 1.54) is 19.2 Å². The van der Waals surface area contributed by atoms with Crippen LogP contribution in [-0.2, 0) is 11.3 Å². The zero-order valence-electron chi connectivity index (χ0n) is 11.3. The van der Waals surface area contributed by atoms with Crippen molar-refractivity contribution >= 4 is 21.6 Å². The third-order valence-corrected chi connectivity index (χ3v) is 3.72. The number of aromatic amines is 1. The Bertz CT molecular complexity index is 758. The van der Waals surface area contributed by atoms with Gasteiger partial charge in [0.25, 0.3) is 11.2 Å². The number of methoxy groups -OCH3 is 1. The number of halogens is 1. The summed E-state index contributed by atoms with van der Waals surface area (Å²) in [7, 11) is 1.49. The number of H-pyrrole nitrogens is 1. The number of aromatic nitrogens is 2. The smallest absolute Gasteiger partial charge is 0.270 e. The number of ether oxygens (including phenoxy) is 1. The molecule has 1 aromatic carbocycles. The Morgan fingerprint density at radius 2 is 2.19 bits per heavy atom. The minimum atomic E-state index is -0.490. The summed E-state index contributed by atoms with van der Waals surface area (Å²) < 4.78 is 5.28. The molecule has 0 unspecified atom stereocenters. The number of nitrogens with one attached hydrogen (secondary N) is 1. The first kappa shape index (κ1) is 15.3. The first-order chi connectivity index (χ1) is 9.93. The minimum Gasteiger partial charge on any atom is -0.378 e. The number of non-ortho nitro benzene ring substituents is 1. The van der Waals surface area contributed by atoms with E-state index < -0.39 is 4.92 Å². The fraction of sp³-hybridized carbons (Fsp3) is 0.231. The van der Waals surface area contributed by atoms with Gasteiger partial charge < -0.3 is 9.72 Å². The number of aryl methyl sites for hydroxylation is 1. The molecule has 110 valence electrons. The monoisotopic (exact) mass is 353 g/mol. The predicted molar refractivity (Wildman–Crippen MR) is 80.1 cm³/mol. The van der Waals surface area contributed by atoms with Gasteiger partial charge >= 0.3 is 0 Å². The van der Waals surface area contributed by atoms with E-state index in [1.54, 1.807) is 13.0 Å². The fourth-order valence-corrected chi connectivity index (χ4v) is 2.15. The van der Waals surface area contributed by atoms with Crippen LogP contribution >= 0.6 is 15.9 Å². The number of nitro groups is 1. The first-order valence-electron chi connectivity index (χ1n) is 5.97. The normalized spacial score (nSPS) is 10.6. The Balaban J connectivity index is 2.64. The van der Waals surface area contributed by atoms with Crippen LogP contribution in [0, 0.1) is 17.0 Å². The first-order valence-corrected chi connectivity index (χ1v) is 6.76.